The Morgan fingerprint density at radius 3 is 2.67 bits per heavy atom. The van der Waals surface area contributed by atoms with Crippen LogP contribution in [0.1, 0.15) is 31.7 Å². The molecule has 24 heavy (non-hydrogen) atoms. The van der Waals surface area contributed by atoms with Crippen molar-refractivity contribution in [3.63, 3.8) is 0 Å². The minimum Gasteiger partial charge on any atom is -0.354 e. The van der Waals surface area contributed by atoms with E-state index < -0.39 is 5.91 Å². The largest absolute Gasteiger partial charge is 0.354 e. The van der Waals surface area contributed by atoms with E-state index in [0.29, 0.717) is 16.9 Å². The summed E-state index contributed by atoms with van der Waals surface area (Å²) in [6.07, 6.45) is 3.76. The van der Waals surface area contributed by atoms with Crippen molar-refractivity contribution in [3.05, 3.63) is 40.6 Å². The number of halogens is 1. The molecule has 0 bridgehead atoms. The topological polar surface area (TPSA) is 66.5 Å². The van der Waals surface area contributed by atoms with Gasteiger partial charge in [0.2, 0.25) is 5.91 Å². The van der Waals surface area contributed by atoms with E-state index >= 15 is 0 Å². The van der Waals surface area contributed by atoms with Crippen LogP contribution in [0.25, 0.3) is 6.08 Å². The lowest BCUT2D eigenvalue weighted by Crippen LogP contribution is -2.37. The number of carbonyl (C=O) groups is 3. The van der Waals surface area contributed by atoms with E-state index in [0.717, 1.165) is 29.5 Å². The summed E-state index contributed by atoms with van der Waals surface area (Å²) in [5.74, 6) is -0.832. The van der Waals surface area contributed by atoms with E-state index in [1.165, 1.54) is 24.3 Å². The van der Waals surface area contributed by atoms with Crippen molar-refractivity contribution in [1.82, 2.24) is 10.2 Å². The number of hydrogen-bond donors (Lipinski definition) is 1. The monoisotopic (exact) mass is 350 g/mol. The second-order valence-corrected chi connectivity index (χ2v) is 6.33. The molecule has 5 nitrogen and oxygen atoms in total. The summed E-state index contributed by atoms with van der Waals surface area (Å²) < 4.78 is 12.9. The molecule has 0 aliphatic carbocycles. The highest BCUT2D eigenvalue weighted by molar-refractivity contribution is 8.18. The van der Waals surface area contributed by atoms with Crippen molar-refractivity contribution in [2.75, 3.05) is 13.1 Å². The molecule has 0 saturated carbocycles. The molecule has 2 rings (SSSR count). The Hall–Kier alpha value is -2.15. The lowest BCUT2D eigenvalue weighted by Gasteiger charge is -2.12. The van der Waals surface area contributed by atoms with Gasteiger partial charge in [-0.1, -0.05) is 25.5 Å². The van der Waals surface area contributed by atoms with E-state index in [9.17, 15) is 18.8 Å². The molecule has 0 unspecified atom stereocenters. The van der Waals surface area contributed by atoms with Crippen LogP contribution < -0.4 is 5.32 Å². The van der Waals surface area contributed by atoms with E-state index in [4.69, 9.17) is 0 Å². The third-order valence-corrected chi connectivity index (χ3v) is 4.36. The average molecular weight is 350 g/mol. The van der Waals surface area contributed by atoms with Gasteiger partial charge in [0, 0.05) is 19.5 Å². The molecule has 1 aliphatic heterocycles. The van der Waals surface area contributed by atoms with Gasteiger partial charge < -0.3 is 5.32 Å². The predicted octanol–water partition coefficient (Wildman–Crippen LogP) is 3.17. The third kappa shape index (κ3) is 4.92. The molecule has 1 aliphatic rings. The zero-order chi connectivity index (χ0) is 17.5. The normalized spacial score (nSPS) is 16.1. The summed E-state index contributed by atoms with van der Waals surface area (Å²) in [5.41, 5.74) is 0.648. The zero-order valence-corrected chi connectivity index (χ0v) is 14.2. The summed E-state index contributed by atoms with van der Waals surface area (Å²) in [5, 5.41) is 2.34. The fourth-order valence-electron chi connectivity index (χ4n) is 2.14. The summed E-state index contributed by atoms with van der Waals surface area (Å²) in [6.45, 7) is 2.38. The van der Waals surface area contributed by atoms with E-state index in [1.807, 2.05) is 6.92 Å². The second-order valence-electron chi connectivity index (χ2n) is 5.34. The fourth-order valence-corrected chi connectivity index (χ4v) is 3.00. The first-order valence-electron chi connectivity index (χ1n) is 7.79. The van der Waals surface area contributed by atoms with Gasteiger partial charge in [-0.3, -0.25) is 19.3 Å². The number of hydrogen-bond acceptors (Lipinski definition) is 4. The number of unbranched alkanes of at least 4 members (excludes halogenated alkanes) is 1. The maximum atomic E-state index is 12.9. The molecule has 128 valence electrons. The standard InChI is InChI=1S/C17H19FN2O3S/c1-2-3-4-15(21)19-9-10-20-16(22)14(24-17(20)23)11-12-5-7-13(18)8-6-12/h5-8,11H,2-4,9-10H2,1H3,(H,19,21). The second kappa shape index (κ2) is 8.63. The van der Waals surface area contributed by atoms with Crippen molar-refractivity contribution in [3.8, 4) is 0 Å². The molecule has 1 fully saturated rings. The maximum Gasteiger partial charge on any atom is 0.293 e. The van der Waals surface area contributed by atoms with Gasteiger partial charge in [-0.25, -0.2) is 4.39 Å². The minimum atomic E-state index is -0.392. The smallest absolute Gasteiger partial charge is 0.293 e. The van der Waals surface area contributed by atoms with Gasteiger partial charge in [0.25, 0.3) is 11.1 Å². The molecule has 1 aromatic carbocycles. The molecule has 1 aromatic rings. The van der Waals surface area contributed by atoms with Gasteiger partial charge in [-0.15, -0.1) is 0 Å². The van der Waals surface area contributed by atoms with Crippen LogP contribution in [0.3, 0.4) is 0 Å². The van der Waals surface area contributed by atoms with Crippen molar-refractivity contribution >= 4 is 34.9 Å². The first kappa shape index (κ1) is 18.2. The lowest BCUT2D eigenvalue weighted by molar-refractivity contribution is -0.124. The Morgan fingerprint density at radius 1 is 1.29 bits per heavy atom. The number of rotatable bonds is 7. The molecule has 1 heterocycles. The van der Waals surface area contributed by atoms with Crippen molar-refractivity contribution in [2.45, 2.75) is 26.2 Å². The minimum absolute atomic E-state index is 0.0781. The molecule has 0 spiro atoms. The van der Waals surface area contributed by atoms with Crippen LogP contribution in [0.15, 0.2) is 29.2 Å². The molecular formula is C17H19FN2O3S. The van der Waals surface area contributed by atoms with Gasteiger partial charge in [0.15, 0.2) is 0 Å². The molecule has 1 N–H and O–H groups in total. The van der Waals surface area contributed by atoms with Crippen LogP contribution in [0.4, 0.5) is 9.18 Å². The maximum absolute atomic E-state index is 12.9. The van der Waals surface area contributed by atoms with Crippen LogP contribution in [0.2, 0.25) is 0 Å². The van der Waals surface area contributed by atoms with E-state index in [1.54, 1.807) is 6.08 Å². The Balaban J connectivity index is 1.91. The number of thioether (sulfide) groups is 1. The lowest BCUT2D eigenvalue weighted by atomic mass is 10.2. The number of nitrogens with zero attached hydrogens (tertiary/aromatic N) is 1. The molecular weight excluding hydrogens is 331 g/mol. The quantitative estimate of drug-likeness (QED) is 0.767. The fraction of sp³-hybridized carbons (Fsp3) is 0.353. The number of amides is 3. The summed E-state index contributed by atoms with van der Waals surface area (Å²) >= 11 is 0.846. The molecule has 3 amide bonds. The Morgan fingerprint density at radius 2 is 2.00 bits per heavy atom. The molecule has 1 saturated heterocycles. The Kier molecular flexibility index (Phi) is 6.54. The highest BCUT2D eigenvalue weighted by atomic mass is 32.2. The SMILES string of the molecule is CCCCC(=O)NCCN1C(=O)SC(=Cc2ccc(F)cc2)C1=O. The molecule has 0 radical (unpaired) electrons. The van der Waals surface area contributed by atoms with Crippen LogP contribution in [-0.4, -0.2) is 35.0 Å². The summed E-state index contributed by atoms with van der Waals surface area (Å²) in [7, 11) is 0. The molecule has 0 aromatic heterocycles. The molecule has 0 atom stereocenters. The third-order valence-electron chi connectivity index (χ3n) is 3.46. The first-order chi connectivity index (χ1) is 11.5. The van der Waals surface area contributed by atoms with Gasteiger partial charge in [-0.2, -0.15) is 0 Å². The van der Waals surface area contributed by atoms with Crippen LogP contribution in [0, 0.1) is 5.82 Å². The Labute approximate surface area is 144 Å². The summed E-state index contributed by atoms with van der Waals surface area (Å²) in [6, 6.07) is 5.67. The van der Waals surface area contributed by atoms with E-state index in [2.05, 4.69) is 5.32 Å². The van der Waals surface area contributed by atoms with Gasteiger partial charge in [0.05, 0.1) is 4.91 Å². The zero-order valence-electron chi connectivity index (χ0n) is 13.4. The highest BCUT2D eigenvalue weighted by Crippen LogP contribution is 2.31. The number of nitrogens with one attached hydrogen (secondary N) is 1. The number of imide groups is 1. The van der Waals surface area contributed by atoms with Gasteiger partial charge in [0.1, 0.15) is 5.82 Å². The predicted molar refractivity (Wildman–Crippen MR) is 91.6 cm³/mol. The van der Waals surface area contributed by atoms with Crippen LogP contribution >= 0.6 is 11.8 Å². The summed E-state index contributed by atoms with van der Waals surface area (Å²) in [4.78, 5) is 37.1. The molecule has 7 heteroatoms. The van der Waals surface area contributed by atoms with Crippen molar-refractivity contribution in [1.29, 1.82) is 0 Å². The van der Waals surface area contributed by atoms with Crippen LogP contribution in [-0.2, 0) is 9.59 Å². The van der Waals surface area contributed by atoms with Crippen LogP contribution in [0.5, 0.6) is 0 Å². The number of benzene rings is 1. The Bertz CT molecular complexity index is 658. The van der Waals surface area contributed by atoms with Crippen molar-refractivity contribution in [2.24, 2.45) is 0 Å². The average Bonchev–Trinajstić information content (AvgIpc) is 2.82. The number of carbonyl (C=O) groups excluding carboxylic acids is 3. The van der Waals surface area contributed by atoms with E-state index in [-0.39, 0.29) is 30.1 Å². The van der Waals surface area contributed by atoms with Gasteiger partial charge >= 0.3 is 0 Å². The highest BCUT2D eigenvalue weighted by Gasteiger charge is 2.34. The van der Waals surface area contributed by atoms with Gasteiger partial charge in [-0.05, 0) is 42.0 Å². The first-order valence-corrected chi connectivity index (χ1v) is 8.60. The van der Waals surface area contributed by atoms with Crippen molar-refractivity contribution < 1.29 is 18.8 Å².